The van der Waals surface area contributed by atoms with Gasteiger partial charge in [0.25, 0.3) is 5.91 Å². The summed E-state index contributed by atoms with van der Waals surface area (Å²) in [4.78, 5) is 15.4. The minimum atomic E-state index is -0.213. The summed E-state index contributed by atoms with van der Waals surface area (Å²) in [5.74, 6) is -0.213. The first-order chi connectivity index (χ1) is 7.09. The highest BCUT2D eigenvalue weighted by Crippen LogP contribution is 2.04. The van der Waals surface area contributed by atoms with Gasteiger partial charge in [-0.1, -0.05) is 29.3 Å². The van der Waals surface area contributed by atoms with E-state index in [2.05, 4.69) is 10.3 Å². The molecule has 0 aliphatic rings. The Morgan fingerprint density at radius 1 is 1.53 bits per heavy atom. The van der Waals surface area contributed by atoms with Gasteiger partial charge in [0.15, 0.2) is 0 Å². The summed E-state index contributed by atoms with van der Waals surface area (Å²) in [6, 6.07) is 4.96. The van der Waals surface area contributed by atoms with E-state index in [9.17, 15) is 4.79 Å². The molecule has 0 atom stereocenters. The van der Waals surface area contributed by atoms with Crippen LogP contribution in [0.2, 0.25) is 5.15 Å². The molecule has 3 nitrogen and oxygen atoms in total. The maximum Gasteiger partial charge on any atom is 0.270 e. The number of pyridine rings is 1. The van der Waals surface area contributed by atoms with Crippen LogP contribution in [0.15, 0.2) is 29.8 Å². The van der Waals surface area contributed by atoms with E-state index >= 15 is 0 Å². The minimum Gasteiger partial charge on any atom is -0.347 e. The highest BCUT2D eigenvalue weighted by Gasteiger charge is 2.05. The van der Waals surface area contributed by atoms with Gasteiger partial charge in [0.2, 0.25) is 0 Å². The molecule has 1 aromatic heterocycles. The van der Waals surface area contributed by atoms with Crippen molar-refractivity contribution in [2.24, 2.45) is 0 Å². The third-order valence-electron chi connectivity index (χ3n) is 1.72. The zero-order valence-corrected chi connectivity index (χ0v) is 9.51. The molecule has 0 bridgehead atoms. The second-order valence-corrected chi connectivity index (χ2v) is 3.72. The van der Waals surface area contributed by atoms with Crippen LogP contribution in [0.25, 0.3) is 0 Å². The first-order valence-electron chi connectivity index (χ1n) is 4.63. The number of carbonyl (C=O) groups is 1. The molecule has 1 rings (SSSR count). The van der Waals surface area contributed by atoms with E-state index < -0.39 is 0 Å². The Morgan fingerprint density at radius 3 is 2.87 bits per heavy atom. The Labute approximate surface area is 94.2 Å². The molecule has 4 heteroatoms. The third-order valence-corrected chi connectivity index (χ3v) is 1.93. The van der Waals surface area contributed by atoms with E-state index in [-0.39, 0.29) is 5.91 Å². The summed E-state index contributed by atoms with van der Waals surface area (Å²) in [7, 11) is 0. The Bertz CT molecular complexity index is 384. The van der Waals surface area contributed by atoms with Crippen molar-refractivity contribution in [1.82, 2.24) is 10.3 Å². The molecular weight excluding hydrogens is 212 g/mol. The molecule has 0 aromatic carbocycles. The third kappa shape index (κ3) is 4.13. The number of carbonyl (C=O) groups excluding carboxylic acids is 1. The first-order valence-corrected chi connectivity index (χ1v) is 5.01. The van der Waals surface area contributed by atoms with Crippen LogP contribution in [-0.4, -0.2) is 17.4 Å². The second kappa shape index (κ2) is 5.51. The lowest BCUT2D eigenvalue weighted by molar-refractivity contribution is 0.0953. The molecule has 1 heterocycles. The molecule has 0 fully saturated rings. The highest BCUT2D eigenvalue weighted by molar-refractivity contribution is 6.29. The van der Waals surface area contributed by atoms with Crippen LogP contribution in [0.3, 0.4) is 0 Å². The van der Waals surface area contributed by atoms with Crippen molar-refractivity contribution in [1.29, 1.82) is 0 Å². The summed E-state index contributed by atoms with van der Waals surface area (Å²) in [5.41, 5.74) is 1.50. The molecule has 15 heavy (non-hydrogen) atoms. The van der Waals surface area contributed by atoms with Gasteiger partial charge in [0, 0.05) is 6.54 Å². The predicted molar refractivity (Wildman–Crippen MR) is 61.0 cm³/mol. The smallest absolute Gasteiger partial charge is 0.270 e. The average molecular weight is 225 g/mol. The van der Waals surface area contributed by atoms with Crippen molar-refractivity contribution >= 4 is 17.5 Å². The van der Waals surface area contributed by atoms with E-state index in [1.165, 1.54) is 0 Å². The predicted octanol–water partition coefficient (Wildman–Crippen LogP) is 2.43. The maximum absolute atomic E-state index is 11.5. The van der Waals surface area contributed by atoms with Crippen LogP contribution >= 0.6 is 11.6 Å². The number of hydrogen-bond acceptors (Lipinski definition) is 2. The van der Waals surface area contributed by atoms with E-state index in [1.807, 2.05) is 19.9 Å². The Kier molecular flexibility index (Phi) is 4.31. The molecule has 1 aromatic rings. The number of halogens is 1. The monoisotopic (exact) mass is 224 g/mol. The van der Waals surface area contributed by atoms with Gasteiger partial charge in [0.1, 0.15) is 10.8 Å². The molecule has 0 radical (unpaired) electrons. The Hall–Kier alpha value is -1.35. The van der Waals surface area contributed by atoms with E-state index in [0.717, 1.165) is 5.57 Å². The van der Waals surface area contributed by atoms with Crippen molar-refractivity contribution in [3.63, 3.8) is 0 Å². The Balaban J connectivity index is 2.58. The van der Waals surface area contributed by atoms with Crippen LogP contribution in [0.5, 0.6) is 0 Å². The molecule has 1 amide bonds. The number of hydrogen-bond donors (Lipinski definition) is 1. The molecular formula is C11H13ClN2O. The molecule has 0 spiro atoms. The van der Waals surface area contributed by atoms with Gasteiger partial charge < -0.3 is 5.32 Å². The lowest BCUT2D eigenvalue weighted by atomic mass is 10.3. The van der Waals surface area contributed by atoms with E-state index in [1.54, 1.807) is 18.2 Å². The van der Waals surface area contributed by atoms with Crippen LogP contribution in [0, 0.1) is 0 Å². The average Bonchev–Trinajstić information content (AvgIpc) is 2.17. The summed E-state index contributed by atoms with van der Waals surface area (Å²) in [6.45, 7) is 4.46. The van der Waals surface area contributed by atoms with Crippen LogP contribution in [-0.2, 0) is 0 Å². The normalized spacial score (nSPS) is 9.53. The second-order valence-electron chi connectivity index (χ2n) is 3.34. The van der Waals surface area contributed by atoms with Gasteiger partial charge in [-0.3, -0.25) is 4.79 Å². The maximum atomic E-state index is 11.5. The molecule has 80 valence electrons. The Morgan fingerprint density at radius 2 is 2.27 bits per heavy atom. The standard InChI is InChI=1S/C11H13ClN2O/c1-8(2)6-7-13-11(15)9-4-3-5-10(12)14-9/h3-6H,7H2,1-2H3,(H,13,15). The quantitative estimate of drug-likeness (QED) is 0.633. The molecule has 0 saturated heterocycles. The number of rotatable bonds is 3. The van der Waals surface area contributed by atoms with E-state index in [4.69, 9.17) is 11.6 Å². The number of nitrogens with one attached hydrogen (secondary N) is 1. The SMILES string of the molecule is CC(C)=CCNC(=O)c1cccc(Cl)n1. The highest BCUT2D eigenvalue weighted by atomic mass is 35.5. The van der Waals surface area contributed by atoms with Crippen LogP contribution in [0.1, 0.15) is 24.3 Å². The zero-order valence-electron chi connectivity index (χ0n) is 8.75. The fraction of sp³-hybridized carbons (Fsp3) is 0.273. The lowest BCUT2D eigenvalue weighted by Crippen LogP contribution is -2.24. The molecule has 0 saturated carbocycles. The molecule has 0 aliphatic carbocycles. The van der Waals surface area contributed by atoms with Crippen molar-refractivity contribution < 1.29 is 4.79 Å². The van der Waals surface area contributed by atoms with Crippen molar-refractivity contribution in [3.05, 3.63) is 40.7 Å². The first kappa shape index (κ1) is 11.7. The number of allylic oxidation sites excluding steroid dienone is 1. The van der Waals surface area contributed by atoms with Gasteiger partial charge in [-0.2, -0.15) is 0 Å². The summed E-state index contributed by atoms with van der Waals surface area (Å²) >= 11 is 5.67. The largest absolute Gasteiger partial charge is 0.347 e. The topological polar surface area (TPSA) is 42.0 Å². The van der Waals surface area contributed by atoms with Crippen molar-refractivity contribution in [3.8, 4) is 0 Å². The van der Waals surface area contributed by atoms with Gasteiger partial charge in [-0.15, -0.1) is 0 Å². The summed E-state index contributed by atoms with van der Waals surface area (Å²) in [5, 5.41) is 3.04. The number of nitrogens with zero attached hydrogens (tertiary/aromatic N) is 1. The summed E-state index contributed by atoms with van der Waals surface area (Å²) < 4.78 is 0. The molecule has 0 aliphatic heterocycles. The fourth-order valence-corrected chi connectivity index (χ4v) is 1.14. The van der Waals surface area contributed by atoms with Crippen molar-refractivity contribution in [2.75, 3.05) is 6.54 Å². The lowest BCUT2D eigenvalue weighted by Gasteiger charge is -2.01. The van der Waals surface area contributed by atoms with Crippen LogP contribution in [0.4, 0.5) is 0 Å². The minimum absolute atomic E-state index is 0.213. The van der Waals surface area contributed by atoms with E-state index in [0.29, 0.717) is 17.4 Å². The van der Waals surface area contributed by atoms with Gasteiger partial charge in [-0.25, -0.2) is 4.98 Å². The molecule has 0 unspecified atom stereocenters. The van der Waals surface area contributed by atoms with Gasteiger partial charge >= 0.3 is 0 Å². The summed E-state index contributed by atoms with van der Waals surface area (Å²) in [6.07, 6.45) is 1.93. The van der Waals surface area contributed by atoms with Crippen LogP contribution < -0.4 is 5.32 Å². The van der Waals surface area contributed by atoms with Gasteiger partial charge in [-0.05, 0) is 26.0 Å². The molecule has 1 N–H and O–H groups in total. The number of amides is 1. The van der Waals surface area contributed by atoms with Gasteiger partial charge in [0.05, 0.1) is 0 Å². The fourth-order valence-electron chi connectivity index (χ4n) is 0.973. The zero-order chi connectivity index (χ0) is 11.3. The van der Waals surface area contributed by atoms with Crippen molar-refractivity contribution in [2.45, 2.75) is 13.8 Å². The number of aromatic nitrogens is 1.